The van der Waals surface area contributed by atoms with Crippen LogP contribution in [0.25, 0.3) is 6.08 Å². The standard InChI is InChI=1S/C19H18ClNO3S/c1-2-3-12-24-17-8-4-15(5-9-17)13-19(14-21)25(22,23)18-10-6-16(20)7-11-18/h4-11,13H,2-3,12H2,1H3/b19-13-. The lowest BCUT2D eigenvalue weighted by molar-refractivity contribution is 0.309. The van der Waals surface area contributed by atoms with Crippen LogP contribution in [-0.4, -0.2) is 15.0 Å². The van der Waals surface area contributed by atoms with Crippen LogP contribution in [0.2, 0.25) is 5.02 Å². The topological polar surface area (TPSA) is 67.2 Å². The van der Waals surface area contributed by atoms with Gasteiger partial charge in [-0.15, -0.1) is 0 Å². The molecule has 0 heterocycles. The zero-order valence-electron chi connectivity index (χ0n) is 13.8. The second-order valence-corrected chi connectivity index (χ2v) is 7.70. The van der Waals surface area contributed by atoms with Gasteiger partial charge in [0.15, 0.2) is 0 Å². The van der Waals surface area contributed by atoms with Crippen LogP contribution in [0.1, 0.15) is 25.3 Å². The Morgan fingerprint density at radius 3 is 2.36 bits per heavy atom. The monoisotopic (exact) mass is 375 g/mol. The molecular weight excluding hydrogens is 358 g/mol. The van der Waals surface area contributed by atoms with Gasteiger partial charge in [0.05, 0.1) is 11.5 Å². The van der Waals surface area contributed by atoms with Crippen molar-refractivity contribution in [1.82, 2.24) is 0 Å². The van der Waals surface area contributed by atoms with Gasteiger partial charge in [0.1, 0.15) is 16.7 Å². The summed E-state index contributed by atoms with van der Waals surface area (Å²) in [5.74, 6) is 0.713. The molecule has 0 saturated heterocycles. The molecule has 0 aliphatic rings. The van der Waals surface area contributed by atoms with E-state index in [2.05, 4.69) is 6.92 Å². The van der Waals surface area contributed by atoms with Crippen LogP contribution in [-0.2, 0) is 9.84 Å². The van der Waals surface area contributed by atoms with E-state index in [0.717, 1.165) is 12.8 Å². The van der Waals surface area contributed by atoms with Gasteiger partial charge in [0, 0.05) is 5.02 Å². The summed E-state index contributed by atoms with van der Waals surface area (Å²) in [4.78, 5) is -0.293. The molecule has 6 heteroatoms. The molecule has 0 N–H and O–H groups in total. The number of unbranched alkanes of at least 4 members (excludes halogenated alkanes) is 1. The van der Waals surface area contributed by atoms with Gasteiger partial charge in [-0.25, -0.2) is 8.42 Å². The second kappa shape index (κ2) is 8.70. The second-order valence-electron chi connectivity index (χ2n) is 5.35. The third-order valence-corrected chi connectivity index (χ3v) is 5.40. The van der Waals surface area contributed by atoms with Gasteiger partial charge in [0.2, 0.25) is 9.84 Å². The number of ether oxygens (including phenoxy) is 1. The maximum atomic E-state index is 12.6. The Morgan fingerprint density at radius 1 is 1.16 bits per heavy atom. The summed E-state index contributed by atoms with van der Waals surface area (Å²) in [6.07, 6.45) is 3.37. The van der Waals surface area contributed by atoms with Crippen molar-refractivity contribution in [2.45, 2.75) is 24.7 Å². The molecule has 0 radical (unpaired) electrons. The van der Waals surface area contributed by atoms with E-state index in [0.29, 0.717) is 22.9 Å². The molecule has 0 fully saturated rings. The van der Waals surface area contributed by atoms with Gasteiger partial charge < -0.3 is 4.74 Å². The van der Waals surface area contributed by atoms with Gasteiger partial charge in [-0.2, -0.15) is 5.26 Å². The van der Waals surface area contributed by atoms with Crippen molar-refractivity contribution in [1.29, 1.82) is 5.26 Å². The van der Waals surface area contributed by atoms with Crippen LogP contribution < -0.4 is 4.74 Å². The minimum Gasteiger partial charge on any atom is -0.494 e. The van der Waals surface area contributed by atoms with Gasteiger partial charge in [-0.1, -0.05) is 37.1 Å². The van der Waals surface area contributed by atoms with E-state index in [9.17, 15) is 13.7 Å². The molecular formula is C19H18ClNO3S. The van der Waals surface area contributed by atoms with E-state index in [1.54, 1.807) is 30.3 Å². The number of hydrogen-bond donors (Lipinski definition) is 0. The summed E-state index contributed by atoms with van der Waals surface area (Å²) >= 11 is 5.78. The number of benzene rings is 2. The number of allylic oxidation sites excluding steroid dienone is 1. The Balaban J connectivity index is 2.25. The summed E-state index contributed by atoms with van der Waals surface area (Å²) in [5, 5.41) is 9.72. The van der Waals surface area contributed by atoms with E-state index < -0.39 is 9.84 Å². The van der Waals surface area contributed by atoms with Crippen LogP contribution in [0, 0.1) is 11.3 Å². The molecule has 0 aliphatic heterocycles. The summed E-state index contributed by atoms with van der Waals surface area (Å²) in [5.41, 5.74) is 0.608. The van der Waals surface area contributed by atoms with Crippen molar-refractivity contribution in [2.24, 2.45) is 0 Å². The van der Waals surface area contributed by atoms with Crippen LogP contribution in [0.5, 0.6) is 5.75 Å². The first-order chi connectivity index (χ1) is 12.0. The van der Waals surface area contributed by atoms with Crippen molar-refractivity contribution in [3.05, 3.63) is 64.0 Å². The van der Waals surface area contributed by atoms with Crippen molar-refractivity contribution >= 4 is 27.5 Å². The zero-order chi connectivity index (χ0) is 18.3. The molecule has 0 spiro atoms. The van der Waals surface area contributed by atoms with Crippen LogP contribution in [0.3, 0.4) is 0 Å². The lowest BCUT2D eigenvalue weighted by Crippen LogP contribution is -2.03. The minimum atomic E-state index is -3.88. The molecule has 130 valence electrons. The molecule has 2 rings (SSSR count). The molecule has 0 saturated carbocycles. The van der Waals surface area contributed by atoms with E-state index in [1.807, 2.05) is 0 Å². The maximum absolute atomic E-state index is 12.6. The number of nitrogens with zero attached hydrogens (tertiary/aromatic N) is 1. The smallest absolute Gasteiger partial charge is 0.216 e. The Bertz CT molecular complexity index is 880. The van der Waals surface area contributed by atoms with E-state index in [-0.39, 0.29) is 9.80 Å². The van der Waals surface area contributed by atoms with Gasteiger partial charge in [-0.05, 0) is 54.5 Å². The van der Waals surface area contributed by atoms with Crippen molar-refractivity contribution in [3.8, 4) is 11.8 Å². The lowest BCUT2D eigenvalue weighted by atomic mass is 10.2. The molecule has 25 heavy (non-hydrogen) atoms. The first-order valence-electron chi connectivity index (χ1n) is 7.82. The van der Waals surface area contributed by atoms with E-state index in [1.165, 1.54) is 30.3 Å². The number of hydrogen-bond acceptors (Lipinski definition) is 4. The molecule has 0 aromatic heterocycles. The molecule has 0 atom stereocenters. The van der Waals surface area contributed by atoms with Crippen LogP contribution in [0.4, 0.5) is 0 Å². The van der Waals surface area contributed by atoms with Crippen molar-refractivity contribution in [3.63, 3.8) is 0 Å². The Labute approximate surface area is 153 Å². The number of halogens is 1. The van der Waals surface area contributed by atoms with E-state index >= 15 is 0 Å². The highest BCUT2D eigenvalue weighted by Gasteiger charge is 2.20. The Morgan fingerprint density at radius 2 is 1.80 bits per heavy atom. The molecule has 2 aromatic carbocycles. The highest BCUT2D eigenvalue weighted by atomic mass is 35.5. The molecule has 0 unspecified atom stereocenters. The summed E-state index contributed by atoms with van der Waals surface area (Å²) in [6, 6.07) is 14.4. The SMILES string of the molecule is CCCCOc1ccc(/C=C(/C#N)S(=O)(=O)c2ccc(Cl)cc2)cc1. The van der Waals surface area contributed by atoms with Crippen molar-refractivity contribution < 1.29 is 13.2 Å². The van der Waals surface area contributed by atoms with Crippen LogP contribution in [0.15, 0.2) is 58.3 Å². The zero-order valence-corrected chi connectivity index (χ0v) is 15.3. The van der Waals surface area contributed by atoms with Crippen molar-refractivity contribution in [2.75, 3.05) is 6.61 Å². The minimum absolute atomic E-state index is 0.0317. The number of sulfone groups is 1. The summed E-state index contributed by atoms with van der Waals surface area (Å²) < 4.78 is 30.7. The quantitative estimate of drug-likeness (QED) is 0.512. The number of nitriles is 1. The predicted octanol–water partition coefficient (Wildman–Crippen LogP) is 4.86. The predicted molar refractivity (Wildman–Crippen MR) is 99.1 cm³/mol. The van der Waals surface area contributed by atoms with Gasteiger partial charge >= 0.3 is 0 Å². The molecule has 2 aromatic rings. The largest absolute Gasteiger partial charge is 0.494 e. The third-order valence-electron chi connectivity index (χ3n) is 3.47. The molecule has 0 bridgehead atoms. The fourth-order valence-corrected chi connectivity index (χ4v) is 3.34. The van der Waals surface area contributed by atoms with Crippen LogP contribution >= 0.6 is 11.6 Å². The normalized spacial score (nSPS) is 11.8. The van der Waals surface area contributed by atoms with Gasteiger partial charge in [0.25, 0.3) is 0 Å². The number of rotatable bonds is 7. The summed E-state index contributed by atoms with van der Waals surface area (Å²) in [6.45, 7) is 2.72. The van der Waals surface area contributed by atoms with Gasteiger partial charge in [-0.3, -0.25) is 0 Å². The lowest BCUT2D eigenvalue weighted by Gasteiger charge is -2.06. The maximum Gasteiger partial charge on any atom is 0.216 e. The molecule has 4 nitrogen and oxygen atoms in total. The molecule has 0 aliphatic carbocycles. The fraction of sp³-hybridized carbons (Fsp3) is 0.211. The van der Waals surface area contributed by atoms with E-state index in [4.69, 9.17) is 16.3 Å². The first-order valence-corrected chi connectivity index (χ1v) is 9.69. The average molecular weight is 376 g/mol. The Kier molecular flexibility index (Phi) is 6.63. The fourth-order valence-electron chi connectivity index (χ4n) is 2.06. The highest BCUT2D eigenvalue weighted by Crippen LogP contribution is 2.23. The summed E-state index contributed by atoms with van der Waals surface area (Å²) in [7, 11) is -3.88. The average Bonchev–Trinajstić information content (AvgIpc) is 2.61. The third kappa shape index (κ3) is 5.09. The molecule has 0 amide bonds. The Hall–Kier alpha value is -2.29. The first kappa shape index (κ1) is 19.0. The highest BCUT2D eigenvalue weighted by molar-refractivity contribution is 7.95.